The van der Waals surface area contributed by atoms with Crippen LogP contribution in [0.25, 0.3) is 11.1 Å². The molecule has 7 nitrogen and oxygen atoms in total. The third-order valence-corrected chi connectivity index (χ3v) is 5.45. The predicted molar refractivity (Wildman–Crippen MR) is 102 cm³/mol. The number of aromatic nitrogens is 4. The summed E-state index contributed by atoms with van der Waals surface area (Å²) in [5.41, 5.74) is -0.0446. The van der Waals surface area contributed by atoms with Crippen LogP contribution >= 0.6 is 0 Å². The van der Waals surface area contributed by atoms with Crippen LogP contribution in [0.2, 0.25) is 0 Å². The van der Waals surface area contributed by atoms with E-state index in [-0.39, 0.29) is 46.9 Å². The molecule has 160 valence electrons. The average Bonchev–Trinajstić information content (AvgIpc) is 3.34. The Balaban J connectivity index is 1.63. The maximum absolute atomic E-state index is 13.6. The molecule has 0 aliphatic carbocycles. The fraction of sp³-hybridized carbons (Fsp3) is 0.500. The Hall–Kier alpha value is -2.91. The van der Waals surface area contributed by atoms with E-state index in [2.05, 4.69) is 15.2 Å². The summed E-state index contributed by atoms with van der Waals surface area (Å²) in [6, 6.07) is 1.20. The minimum Gasteiger partial charge on any atom is -0.338 e. The smallest absolute Gasteiger partial charge is 0.338 e. The average molecular weight is 421 g/mol. The van der Waals surface area contributed by atoms with Crippen molar-refractivity contribution < 1.29 is 22.5 Å². The largest absolute Gasteiger partial charge is 0.417 e. The van der Waals surface area contributed by atoms with Crippen molar-refractivity contribution in [2.45, 2.75) is 51.7 Å². The molecule has 3 aromatic rings. The minimum atomic E-state index is -4.55. The summed E-state index contributed by atoms with van der Waals surface area (Å²) in [5.74, 6) is -0.502. The molecule has 1 saturated heterocycles. The number of hydrogen-bond acceptors (Lipinski definition) is 5. The van der Waals surface area contributed by atoms with Crippen molar-refractivity contribution in [1.29, 1.82) is 0 Å². The number of nitrogens with zero attached hydrogens (tertiary/aromatic N) is 5. The molecule has 0 unspecified atom stereocenters. The van der Waals surface area contributed by atoms with Crippen LogP contribution in [0, 0.1) is 6.92 Å². The first-order valence-corrected chi connectivity index (χ1v) is 9.82. The van der Waals surface area contributed by atoms with Crippen molar-refractivity contribution in [2.75, 3.05) is 13.1 Å². The second-order valence-corrected chi connectivity index (χ2v) is 7.93. The minimum absolute atomic E-state index is 0.115. The van der Waals surface area contributed by atoms with Gasteiger partial charge in [0.1, 0.15) is 0 Å². The van der Waals surface area contributed by atoms with Gasteiger partial charge in [-0.05, 0) is 39.7 Å². The first-order valence-electron chi connectivity index (χ1n) is 9.82. The number of pyridine rings is 1. The molecule has 0 bridgehead atoms. The van der Waals surface area contributed by atoms with Crippen LogP contribution in [0.1, 0.15) is 66.0 Å². The van der Waals surface area contributed by atoms with Crippen LogP contribution in [-0.2, 0) is 6.18 Å². The van der Waals surface area contributed by atoms with Gasteiger partial charge < -0.3 is 9.42 Å². The van der Waals surface area contributed by atoms with Crippen LogP contribution in [-0.4, -0.2) is 43.8 Å². The summed E-state index contributed by atoms with van der Waals surface area (Å²) >= 11 is 0. The topological polar surface area (TPSA) is 77.1 Å². The molecule has 1 atom stereocenters. The number of fused-ring (bicyclic) bond motifs is 1. The molecule has 1 aliphatic rings. The first-order chi connectivity index (χ1) is 14.1. The molecule has 0 saturated carbocycles. The molecule has 4 heterocycles. The normalized spacial score (nSPS) is 17.8. The van der Waals surface area contributed by atoms with E-state index < -0.39 is 11.7 Å². The van der Waals surface area contributed by atoms with Crippen molar-refractivity contribution in [2.24, 2.45) is 0 Å². The van der Waals surface area contributed by atoms with Gasteiger partial charge in [0.25, 0.3) is 11.6 Å². The summed E-state index contributed by atoms with van der Waals surface area (Å²) < 4.78 is 47.7. The van der Waals surface area contributed by atoms with E-state index >= 15 is 0 Å². The highest BCUT2D eigenvalue weighted by molar-refractivity contribution is 5.93. The lowest BCUT2D eigenvalue weighted by Gasteiger charge is -2.32. The second-order valence-electron chi connectivity index (χ2n) is 7.93. The Morgan fingerprint density at radius 3 is 2.77 bits per heavy atom. The quantitative estimate of drug-likeness (QED) is 0.629. The third-order valence-electron chi connectivity index (χ3n) is 5.45. The predicted octanol–water partition coefficient (Wildman–Crippen LogP) is 4.35. The Morgan fingerprint density at radius 1 is 1.33 bits per heavy atom. The van der Waals surface area contributed by atoms with Crippen molar-refractivity contribution in [1.82, 2.24) is 24.8 Å². The molecule has 1 amide bonds. The standard InChI is InChI=1S/C20H22F3N5O2/c1-11(2)28-10-14(8-24-28)19(29)27-6-4-5-13(9-27)16-7-15(20(21,22)23)17-12(3)26-30-18(17)25-16/h7-8,10-11,13H,4-6,9H2,1-3H3/t13-/m1/s1. The molecule has 1 fully saturated rings. The number of carbonyl (C=O) groups excluding carboxylic acids is 1. The van der Waals surface area contributed by atoms with E-state index in [0.29, 0.717) is 24.9 Å². The van der Waals surface area contributed by atoms with E-state index in [1.807, 2.05) is 13.8 Å². The van der Waals surface area contributed by atoms with Gasteiger partial charge in [0.15, 0.2) is 0 Å². The lowest BCUT2D eigenvalue weighted by molar-refractivity contribution is -0.136. The summed E-state index contributed by atoms with van der Waals surface area (Å²) in [7, 11) is 0. The van der Waals surface area contributed by atoms with Gasteiger partial charge in [-0.15, -0.1) is 0 Å². The Bertz CT molecular complexity index is 1090. The van der Waals surface area contributed by atoms with Crippen LogP contribution in [0.3, 0.4) is 0 Å². The number of aryl methyl sites for hydroxylation is 1. The molecule has 10 heteroatoms. The highest BCUT2D eigenvalue weighted by Gasteiger charge is 2.37. The SMILES string of the molecule is Cc1noc2nc([C@@H]3CCCN(C(=O)c4cnn(C(C)C)c4)C3)cc(C(F)(F)F)c12. The Morgan fingerprint density at radius 2 is 2.10 bits per heavy atom. The molecular weight excluding hydrogens is 399 g/mol. The molecule has 3 aromatic heterocycles. The van der Waals surface area contributed by atoms with Gasteiger partial charge in [0, 0.05) is 31.2 Å². The summed E-state index contributed by atoms with van der Waals surface area (Å²) in [5, 5.41) is 7.73. The summed E-state index contributed by atoms with van der Waals surface area (Å²) in [6.45, 7) is 6.21. The van der Waals surface area contributed by atoms with Crippen molar-refractivity contribution in [3.8, 4) is 0 Å². The second kappa shape index (κ2) is 7.41. The van der Waals surface area contributed by atoms with Gasteiger partial charge in [0.2, 0.25) is 0 Å². The molecule has 0 radical (unpaired) electrons. The lowest BCUT2D eigenvalue weighted by atomic mass is 9.92. The Labute approximate surface area is 170 Å². The van der Waals surface area contributed by atoms with Crippen molar-refractivity contribution >= 4 is 17.0 Å². The van der Waals surface area contributed by atoms with Gasteiger partial charge in [-0.25, -0.2) is 4.98 Å². The van der Waals surface area contributed by atoms with E-state index in [1.165, 1.54) is 13.1 Å². The molecule has 0 spiro atoms. The lowest BCUT2D eigenvalue weighted by Crippen LogP contribution is -2.39. The maximum atomic E-state index is 13.6. The summed E-state index contributed by atoms with van der Waals surface area (Å²) in [6.07, 6.45) is -0.0275. The fourth-order valence-corrected chi connectivity index (χ4v) is 3.86. The van der Waals surface area contributed by atoms with Crippen LogP contribution in [0.4, 0.5) is 13.2 Å². The van der Waals surface area contributed by atoms with Gasteiger partial charge in [-0.3, -0.25) is 9.48 Å². The fourth-order valence-electron chi connectivity index (χ4n) is 3.86. The van der Waals surface area contributed by atoms with Gasteiger partial charge >= 0.3 is 6.18 Å². The number of rotatable bonds is 3. The number of hydrogen-bond donors (Lipinski definition) is 0. The highest BCUT2D eigenvalue weighted by atomic mass is 19.4. The van der Waals surface area contributed by atoms with Gasteiger partial charge in [-0.2, -0.15) is 18.3 Å². The van der Waals surface area contributed by atoms with Gasteiger partial charge in [-0.1, -0.05) is 5.16 Å². The maximum Gasteiger partial charge on any atom is 0.417 e. The van der Waals surface area contributed by atoms with E-state index in [9.17, 15) is 18.0 Å². The first kappa shape index (κ1) is 20.4. The van der Waals surface area contributed by atoms with Crippen molar-refractivity contribution in [3.63, 3.8) is 0 Å². The number of alkyl halides is 3. The zero-order chi connectivity index (χ0) is 21.6. The Kier molecular flexibility index (Phi) is 5.03. The highest BCUT2D eigenvalue weighted by Crippen LogP contribution is 2.38. The third kappa shape index (κ3) is 3.66. The van der Waals surface area contributed by atoms with E-state index in [1.54, 1.807) is 15.8 Å². The number of amides is 1. The molecular formula is C20H22F3N5O2. The van der Waals surface area contributed by atoms with E-state index in [0.717, 1.165) is 6.07 Å². The number of piperidine rings is 1. The van der Waals surface area contributed by atoms with Crippen molar-refractivity contribution in [3.05, 3.63) is 41.0 Å². The number of carbonyl (C=O) groups is 1. The molecule has 1 aliphatic heterocycles. The molecule has 4 rings (SSSR count). The summed E-state index contributed by atoms with van der Waals surface area (Å²) in [4.78, 5) is 18.9. The van der Waals surface area contributed by atoms with E-state index in [4.69, 9.17) is 4.52 Å². The molecule has 0 N–H and O–H groups in total. The number of halogens is 3. The monoisotopic (exact) mass is 421 g/mol. The van der Waals surface area contributed by atoms with Crippen LogP contribution in [0.15, 0.2) is 23.0 Å². The van der Waals surface area contributed by atoms with Gasteiger partial charge in [0.05, 0.1) is 34.1 Å². The van der Waals surface area contributed by atoms with Crippen LogP contribution in [0.5, 0.6) is 0 Å². The molecule has 0 aromatic carbocycles. The number of likely N-dealkylation sites (tertiary alicyclic amines) is 1. The van der Waals surface area contributed by atoms with Crippen LogP contribution < -0.4 is 0 Å². The zero-order valence-electron chi connectivity index (χ0n) is 16.9. The molecule has 30 heavy (non-hydrogen) atoms. The zero-order valence-corrected chi connectivity index (χ0v) is 16.9.